The van der Waals surface area contributed by atoms with Crippen LogP contribution in [0.1, 0.15) is 50.7 Å². The van der Waals surface area contributed by atoms with Crippen LogP contribution in [0.3, 0.4) is 0 Å². The van der Waals surface area contributed by atoms with Gasteiger partial charge in [-0.05, 0) is 53.2 Å². The van der Waals surface area contributed by atoms with E-state index in [0.717, 1.165) is 20.9 Å². The van der Waals surface area contributed by atoms with Gasteiger partial charge in [0.1, 0.15) is 12.1 Å². The molecule has 2 fully saturated rings. The van der Waals surface area contributed by atoms with Gasteiger partial charge in [0.15, 0.2) is 0 Å². The number of likely N-dealkylation sites (N-methyl/N-ethyl adjacent to an activating group) is 2. The first-order valence-corrected chi connectivity index (χ1v) is 16.6. The van der Waals surface area contributed by atoms with E-state index in [0.29, 0.717) is 13.1 Å². The highest BCUT2D eigenvalue weighted by Crippen LogP contribution is 2.21. The summed E-state index contributed by atoms with van der Waals surface area (Å²) >= 11 is 0. The van der Waals surface area contributed by atoms with E-state index in [1.54, 1.807) is 51.8 Å². The zero-order valence-corrected chi connectivity index (χ0v) is 30.3. The molecule has 0 radical (unpaired) electrons. The zero-order valence-electron chi connectivity index (χ0n) is 30.3. The normalized spacial score (nSPS) is 17.9. The van der Waals surface area contributed by atoms with Gasteiger partial charge in [-0.3, -0.25) is 58.0 Å². The van der Waals surface area contributed by atoms with Crippen molar-refractivity contribution in [2.24, 2.45) is 0 Å². The lowest BCUT2D eigenvalue weighted by atomic mass is 10.2. The Hall–Kier alpha value is -5.48. The molecule has 0 aliphatic carbocycles. The number of aliphatic carboxylic acids is 2. The SMILES string of the molecule is C[C@@H](C(=O)NCc1ccccc1)N1C(=O)CC(N(C)C)C1=O.C[C@@H](C(=O)NCc1ccccc1)N1C(=O)CC(N(C)C)C1=O.O=C(O)CCC(=O)O. The van der Waals surface area contributed by atoms with Crippen LogP contribution in [-0.4, -0.2) is 130 Å². The number of carbonyl (C=O) groups excluding carboxylic acids is 6. The molecule has 2 aliphatic rings. The first-order valence-electron chi connectivity index (χ1n) is 16.6. The fourth-order valence-electron chi connectivity index (χ4n) is 5.20. The van der Waals surface area contributed by atoms with Crippen LogP contribution in [0.25, 0.3) is 0 Å². The number of benzene rings is 2. The minimum absolute atomic E-state index is 0.127. The molecule has 0 aromatic heterocycles. The maximum Gasteiger partial charge on any atom is 0.303 e. The van der Waals surface area contributed by atoms with Gasteiger partial charge in [0.2, 0.25) is 35.4 Å². The second-order valence-electron chi connectivity index (χ2n) is 12.6. The van der Waals surface area contributed by atoms with Crippen LogP contribution in [0.4, 0.5) is 0 Å². The maximum absolute atomic E-state index is 12.3. The Morgan fingerprint density at radius 3 is 1.19 bits per heavy atom. The van der Waals surface area contributed by atoms with Crippen molar-refractivity contribution in [3.63, 3.8) is 0 Å². The van der Waals surface area contributed by atoms with E-state index in [4.69, 9.17) is 10.2 Å². The number of carbonyl (C=O) groups is 8. The minimum Gasteiger partial charge on any atom is -0.481 e. The molecule has 6 amide bonds. The molecule has 0 saturated carbocycles. The summed E-state index contributed by atoms with van der Waals surface area (Å²) in [7, 11) is 7.00. The van der Waals surface area contributed by atoms with Crippen LogP contribution in [-0.2, 0) is 51.4 Å². The number of carboxylic acid groups (broad SMARTS) is 2. The summed E-state index contributed by atoms with van der Waals surface area (Å²) in [5.41, 5.74) is 1.93. The number of likely N-dealkylation sites (tertiary alicyclic amines) is 2. The quantitative estimate of drug-likeness (QED) is 0.210. The molecule has 4 rings (SSSR count). The summed E-state index contributed by atoms with van der Waals surface area (Å²) in [4.78, 5) is 97.8. The van der Waals surface area contributed by atoms with Crippen molar-refractivity contribution in [3.8, 4) is 0 Å². The molecule has 4 atom stereocenters. The maximum atomic E-state index is 12.3. The van der Waals surface area contributed by atoms with Gasteiger partial charge in [0.05, 0.1) is 37.8 Å². The minimum atomic E-state index is -1.08. The third-order valence-corrected chi connectivity index (χ3v) is 8.27. The average molecular weight is 725 g/mol. The van der Waals surface area contributed by atoms with Crippen LogP contribution < -0.4 is 10.6 Å². The standard InChI is InChI=1S/2C16H21N3O3.C4H6O4/c2*1-11(15(21)17-10-12-7-5-4-6-8-12)19-14(20)9-13(16(19)22)18(2)3;5-3(6)1-2-4(7)8/h2*4-8,11,13H,9-10H2,1-3H3,(H,17,21);1-2H2,(H,5,6)(H,7,8)/t2*11-,13?;/m00./s1. The highest BCUT2D eigenvalue weighted by Gasteiger charge is 2.45. The molecule has 4 N–H and O–H groups in total. The molecule has 16 nitrogen and oxygen atoms in total. The van der Waals surface area contributed by atoms with Gasteiger partial charge in [-0.25, -0.2) is 0 Å². The summed E-state index contributed by atoms with van der Waals surface area (Å²) in [6.07, 6.45) is -0.338. The summed E-state index contributed by atoms with van der Waals surface area (Å²) < 4.78 is 0. The van der Waals surface area contributed by atoms with Crippen molar-refractivity contribution < 1.29 is 48.6 Å². The summed E-state index contributed by atoms with van der Waals surface area (Å²) in [5, 5.41) is 21.3. The summed E-state index contributed by atoms with van der Waals surface area (Å²) in [5.74, 6) is -4.03. The van der Waals surface area contributed by atoms with Crippen LogP contribution in [0.15, 0.2) is 60.7 Å². The molecule has 0 spiro atoms. The van der Waals surface area contributed by atoms with E-state index in [1.165, 1.54) is 0 Å². The fraction of sp³-hybridized carbons (Fsp3) is 0.444. The molecule has 2 aromatic rings. The van der Waals surface area contributed by atoms with Crippen LogP contribution >= 0.6 is 0 Å². The lowest BCUT2D eigenvalue weighted by Crippen LogP contribution is -2.49. The Morgan fingerprint density at radius 2 is 0.942 bits per heavy atom. The number of carboxylic acids is 2. The molecule has 2 aromatic carbocycles. The lowest BCUT2D eigenvalue weighted by molar-refractivity contribution is -0.147. The second-order valence-corrected chi connectivity index (χ2v) is 12.6. The van der Waals surface area contributed by atoms with Crippen molar-refractivity contribution in [1.29, 1.82) is 0 Å². The number of rotatable bonds is 13. The Morgan fingerprint density at radius 1 is 0.635 bits per heavy atom. The van der Waals surface area contributed by atoms with Crippen molar-refractivity contribution in [2.45, 2.75) is 76.8 Å². The number of hydrogen-bond acceptors (Lipinski definition) is 10. The molecule has 282 valence electrons. The van der Waals surface area contributed by atoms with E-state index in [9.17, 15) is 38.4 Å². The van der Waals surface area contributed by atoms with Crippen molar-refractivity contribution in [2.75, 3.05) is 28.2 Å². The molecular formula is C36H48N6O10. The Kier molecular flexibility index (Phi) is 16.7. The third-order valence-electron chi connectivity index (χ3n) is 8.27. The van der Waals surface area contributed by atoms with Gasteiger partial charge in [0.25, 0.3) is 0 Å². The van der Waals surface area contributed by atoms with Gasteiger partial charge in [0, 0.05) is 13.1 Å². The second kappa shape index (κ2) is 20.4. The monoisotopic (exact) mass is 724 g/mol. The Balaban J connectivity index is 0.000000299. The van der Waals surface area contributed by atoms with Crippen molar-refractivity contribution in [1.82, 2.24) is 30.2 Å². The van der Waals surface area contributed by atoms with Crippen LogP contribution in [0.2, 0.25) is 0 Å². The number of nitrogens with one attached hydrogen (secondary N) is 2. The van der Waals surface area contributed by atoms with Crippen LogP contribution in [0.5, 0.6) is 0 Å². The van der Waals surface area contributed by atoms with E-state index < -0.39 is 36.1 Å². The smallest absolute Gasteiger partial charge is 0.303 e. The van der Waals surface area contributed by atoms with Crippen LogP contribution in [0, 0.1) is 0 Å². The summed E-state index contributed by atoms with van der Waals surface area (Å²) in [6.45, 7) is 3.90. The van der Waals surface area contributed by atoms with E-state index >= 15 is 0 Å². The fourth-order valence-corrected chi connectivity index (χ4v) is 5.20. The van der Waals surface area contributed by atoms with Gasteiger partial charge >= 0.3 is 11.9 Å². The van der Waals surface area contributed by atoms with Gasteiger partial charge < -0.3 is 20.8 Å². The molecule has 16 heteroatoms. The van der Waals surface area contributed by atoms with E-state index in [2.05, 4.69) is 10.6 Å². The first-order chi connectivity index (χ1) is 24.5. The number of imide groups is 2. The number of nitrogens with zero attached hydrogens (tertiary/aromatic N) is 4. The summed E-state index contributed by atoms with van der Waals surface area (Å²) in [6, 6.07) is 16.4. The molecule has 2 unspecified atom stereocenters. The topological polar surface area (TPSA) is 214 Å². The largest absolute Gasteiger partial charge is 0.481 e. The Bertz CT molecular complexity index is 1470. The third kappa shape index (κ3) is 12.7. The molecule has 2 heterocycles. The first kappa shape index (κ1) is 42.7. The van der Waals surface area contributed by atoms with Gasteiger partial charge in [-0.1, -0.05) is 60.7 Å². The van der Waals surface area contributed by atoms with E-state index in [-0.39, 0.29) is 61.1 Å². The molecule has 0 bridgehead atoms. The zero-order chi connectivity index (χ0) is 39.1. The van der Waals surface area contributed by atoms with Gasteiger partial charge in [-0.15, -0.1) is 0 Å². The average Bonchev–Trinajstić information content (AvgIpc) is 3.58. The number of amides is 6. The van der Waals surface area contributed by atoms with Gasteiger partial charge in [-0.2, -0.15) is 0 Å². The predicted molar refractivity (Wildman–Crippen MR) is 188 cm³/mol. The highest BCUT2D eigenvalue weighted by atomic mass is 16.4. The number of hydrogen-bond donors (Lipinski definition) is 4. The molecule has 2 saturated heterocycles. The Labute approximate surface area is 302 Å². The lowest BCUT2D eigenvalue weighted by Gasteiger charge is -2.23. The highest BCUT2D eigenvalue weighted by molar-refractivity contribution is 6.09. The molecule has 52 heavy (non-hydrogen) atoms. The van der Waals surface area contributed by atoms with Crippen molar-refractivity contribution >= 4 is 47.4 Å². The predicted octanol–water partition coefficient (Wildman–Crippen LogP) is 0.697. The molecule has 2 aliphatic heterocycles. The molecular weight excluding hydrogens is 676 g/mol. The van der Waals surface area contributed by atoms with Crippen molar-refractivity contribution in [3.05, 3.63) is 71.8 Å². The van der Waals surface area contributed by atoms with E-state index in [1.807, 2.05) is 60.7 Å².